The van der Waals surface area contributed by atoms with Crippen LogP contribution in [0.25, 0.3) is 10.7 Å². The topological polar surface area (TPSA) is 59.9 Å². The summed E-state index contributed by atoms with van der Waals surface area (Å²) in [5.41, 5.74) is 0. The van der Waals surface area contributed by atoms with Gasteiger partial charge in [-0.1, -0.05) is 0 Å². The molecule has 0 amide bonds. The lowest BCUT2D eigenvalue weighted by Crippen LogP contribution is -2.02. The summed E-state index contributed by atoms with van der Waals surface area (Å²) in [6, 6.07) is 4.35. The van der Waals surface area contributed by atoms with Crippen LogP contribution < -0.4 is 10.1 Å². The third-order valence-corrected chi connectivity index (χ3v) is 2.98. The largest absolute Gasteiger partial charge is 0.467 e. The highest BCUT2D eigenvalue weighted by molar-refractivity contribution is 7.15. The van der Waals surface area contributed by atoms with Crippen LogP contribution in [-0.4, -0.2) is 29.1 Å². The smallest absolute Gasteiger partial charge is 0.321 e. The Morgan fingerprint density at radius 3 is 2.62 bits per heavy atom. The van der Waals surface area contributed by atoms with Gasteiger partial charge in [-0.3, -0.25) is 0 Å². The second kappa shape index (κ2) is 4.44. The van der Waals surface area contributed by atoms with Crippen molar-refractivity contribution in [3.8, 4) is 16.7 Å². The number of nitrogens with one attached hydrogen (secondary N) is 1. The van der Waals surface area contributed by atoms with Gasteiger partial charge in [-0.2, -0.15) is 15.0 Å². The number of nitrogens with zero attached hydrogens (tertiary/aromatic N) is 3. The molecule has 2 aromatic heterocycles. The molecule has 0 spiro atoms. The summed E-state index contributed by atoms with van der Waals surface area (Å²) in [7, 11) is 3.30. The summed E-state index contributed by atoms with van der Waals surface area (Å²) in [6.45, 7) is 2.05. The number of ether oxygens (including phenoxy) is 1. The Balaban J connectivity index is 2.47. The van der Waals surface area contributed by atoms with Crippen molar-refractivity contribution < 1.29 is 4.74 Å². The van der Waals surface area contributed by atoms with Gasteiger partial charge in [0.25, 0.3) is 0 Å². The SMILES string of the molecule is CNc1nc(OC)nc(-c2ccc(C)s2)n1. The van der Waals surface area contributed by atoms with Crippen LogP contribution in [0, 0.1) is 6.92 Å². The minimum Gasteiger partial charge on any atom is -0.467 e. The summed E-state index contributed by atoms with van der Waals surface area (Å²) in [5.74, 6) is 1.14. The van der Waals surface area contributed by atoms with Gasteiger partial charge in [-0.25, -0.2) is 0 Å². The maximum atomic E-state index is 5.03. The molecular weight excluding hydrogens is 224 g/mol. The lowest BCUT2D eigenvalue weighted by atomic mass is 10.4. The predicted octanol–water partition coefficient (Wildman–Crippen LogP) is 1.96. The molecule has 0 fully saturated rings. The summed E-state index contributed by atoms with van der Waals surface area (Å²) in [5, 5.41) is 2.88. The molecule has 0 aliphatic rings. The summed E-state index contributed by atoms with van der Waals surface area (Å²) < 4.78 is 5.03. The Labute approximate surface area is 97.5 Å². The van der Waals surface area contributed by atoms with E-state index in [1.807, 2.05) is 19.1 Å². The minimum absolute atomic E-state index is 0.320. The highest BCUT2D eigenvalue weighted by atomic mass is 32.1. The van der Waals surface area contributed by atoms with Gasteiger partial charge in [0.2, 0.25) is 5.95 Å². The third kappa shape index (κ3) is 2.11. The normalized spacial score (nSPS) is 10.2. The first-order chi connectivity index (χ1) is 7.72. The van der Waals surface area contributed by atoms with E-state index in [0.717, 1.165) is 4.88 Å². The summed E-state index contributed by atoms with van der Waals surface area (Å²) in [4.78, 5) is 14.8. The average Bonchev–Trinajstić information content (AvgIpc) is 2.75. The molecule has 84 valence electrons. The van der Waals surface area contributed by atoms with Crippen molar-refractivity contribution in [3.05, 3.63) is 17.0 Å². The van der Waals surface area contributed by atoms with E-state index in [1.165, 1.54) is 12.0 Å². The van der Waals surface area contributed by atoms with E-state index in [9.17, 15) is 0 Å². The molecule has 2 aromatic rings. The van der Waals surface area contributed by atoms with Crippen LogP contribution in [0.15, 0.2) is 12.1 Å². The first-order valence-electron chi connectivity index (χ1n) is 4.77. The lowest BCUT2D eigenvalue weighted by Gasteiger charge is -2.03. The Kier molecular flexibility index (Phi) is 3.00. The van der Waals surface area contributed by atoms with E-state index in [-0.39, 0.29) is 0 Å². The van der Waals surface area contributed by atoms with E-state index in [0.29, 0.717) is 17.8 Å². The second-order valence-corrected chi connectivity index (χ2v) is 4.42. The average molecular weight is 236 g/mol. The van der Waals surface area contributed by atoms with Crippen molar-refractivity contribution in [2.75, 3.05) is 19.5 Å². The molecule has 0 saturated heterocycles. The standard InChI is InChI=1S/C10H12N4OS/c1-6-4-5-7(16-6)8-12-9(11-2)14-10(13-8)15-3/h4-5H,1-3H3,(H,11,12,13,14). The van der Waals surface area contributed by atoms with Crippen LogP contribution in [0.2, 0.25) is 0 Å². The van der Waals surface area contributed by atoms with E-state index < -0.39 is 0 Å². The van der Waals surface area contributed by atoms with Crippen LogP contribution in [-0.2, 0) is 0 Å². The highest BCUT2D eigenvalue weighted by Crippen LogP contribution is 2.26. The van der Waals surface area contributed by atoms with Gasteiger partial charge in [0.15, 0.2) is 5.82 Å². The molecule has 1 N–H and O–H groups in total. The Morgan fingerprint density at radius 1 is 1.25 bits per heavy atom. The van der Waals surface area contributed by atoms with Gasteiger partial charge in [0.1, 0.15) is 0 Å². The second-order valence-electron chi connectivity index (χ2n) is 3.13. The number of aromatic nitrogens is 3. The van der Waals surface area contributed by atoms with Crippen LogP contribution >= 0.6 is 11.3 Å². The quantitative estimate of drug-likeness (QED) is 0.882. The molecule has 5 nitrogen and oxygen atoms in total. The zero-order valence-electron chi connectivity index (χ0n) is 9.31. The molecule has 0 aliphatic carbocycles. The fourth-order valence-electron chi connectivity index (χ4n) is 1.22. The number of hydrogen-bond acceptors (Lipinski definition) is 6. The monoisotopic (exact) mass is 236 g/mol. The number of rotatable bonds is 3. The summed E-state index contributed by atoms with van der Waals surface area (Å²) in [6.07, 6.45) is 0. The van der Waals surface area contributed by atoms with Crippen molar-refractivity contribution >= 4 is 17.3 Å². The molecule has 0 radical (unpaired) electrons. The van der Waals surface area contributed by atoms with Gasteiger partial charge in [-0.05, 0) is 19.1 Å². The van der Waals surface area contributed by atoms with E-state index >= 15 is 0 Å². The Hall–Kier alpha value is -1.69. The Morgan fingerprint density at radius 2 is 2.06 bits per heavy atom. The van der Waals surface area contributed by atoms with Crippen molar-refractivity contribution in [1.29, 1.82) is 0 Å². The van der Waals surface area contributed by atoms with Gasteiger partial charge < -0.3 is 10.1 Å². The fourth-order valence-corrected chi connectivity index (χ4v) is 2.03. The van der Waals surface area contributed by atoms with Crippen LogP contribution in [0.1, 0.15) is 4.88 Å². The molecule has 0 aliphatic heterocycles. The molecular formula is C10H12N4OS. The molecule has 0 atom stereocenters. The Bertz CT molecular complexity index is 475. The molecule has 16 heavy (non-hydrogen) atoms. The maximum Gasteiger partial charge on any atom is 0.321 e. The number of thiophene rings is 1. The van der Waals surface area contributed by atoms with Crippen LogP contribution in [0.5, 0.6) is 6.01 Å². The van der Waals surface area contributed by atoms with Gasteiger partial charge in [0.05, 0.1) is 12.0 Å². The number of anilines is 1. The van der Waals surface area contributed by atoms with Crippen LogP contribution in [0.4, 0.5) is 5.95 Å². The first-order valence-corrected chi connectivity index (χ1v) is 5.59. The first kappa shape index (κ1) is 10.8. The molecule has 2 heterocycles. The fraction of sp³-hybridized carbons (Fsp3) is 0.300. The van der Waals surface area contributed by atoms with Crippen molar-refractivity contribution in [3.63, 3.8) is 0 Å². The van der Waals surface area contributed by atoms with E-state index in [2.05, 4.69) is 20.3 Å². The molecule has 0 unspecified atom stereocenters. The third-order valence-electron chi connectivity index (χ3n) is 1.98. The molecule has 0 bridgehead atoms. The number of aryl methyl sites for hydroxylation is 1. The zero-order chi connectivity index (χ0) is 11.5. The summed E-state index contributed by atoms with van der Waals surface area (Å²) >= 11 is 1.64. The van der Waals surface area contributed by atoms with Gasteiger partial charge in [-0.15, -0.1) is 11.3 Å². The van der Waals surface area contributed by atoms with Crippen LogP contribution in [0.3, 0.4) is 0 Å². The maximum absolute atomic E-state index is 5.03. The molecule has 2 rings (SSSR count). The molecule has 0 saturated carbocycles. The van der Waals surface area contributed by atoms with E-state index in [1.54, 1.807) is 18.4 Å². The van der Waals surface area contributed by atoms with Crippen molar-refractivity contribution in [2.45, 2.75) is 6.92 Å². The minimum atomic E-state index is 0.320. The van der Waals surface area contributed by atoms with Crippen molar-refractivity contribution in [1.82, 2.24) is 15.0 Å². The number of hydrogen-bond donors (Lipinski definition) is 1. The molecule has 0 aromatic carbocycles. The predicted molar refractivity (Wildman–Crippen MR) is 64.0 cm³/mol. The molecule has 6 heteroatoms. The van der Waals surface area contributed by atoms with Gasteiger partial charge in [0, 0.05) is 11.9 Å². The zero-order valence-corrected chi connectivity index (χ0v) is 10.1. The highest BCUT2D eigenvalue weighted by Gasteiger charge is 2.09. The van der Waals surface area contributed by atoms with Crippen molar-refractivity contribution in [2.24, 2.45) is 0 Å². The lowest BCUT2D eigenvalue weighted by molar-refractivity contribution is 0.379. The number of methoxy groups -OCH3 is 1. The van der Waals surface area contributed by atoms with Gasteiger partial charge >= 0.3 is 6.01 Å². The van der Waals surface area contributed by atoms with E-state index in [4.69, 9.17) is 4.74 Å².